The third kappa shape index (κ3) is 2.64. The lowest BCUT2D eigenvalue weighted by Crippen LogP contribution is -2.34. The van der Waals surface area contributed by atoms with E-state index in [4.69, 9.17) is 5.11 Å². The normalized spacial score (nSPS) is 15.4. The molecule has 1 fully saturated rings. The fraction of sp³-hybridized carbons (Fsp3) is 0.333. The quantitative estimate of drug-likeness (QED) is 0.627. The Kier molecular flexibility index (Phi) is 3.76. The van der Waals surface area contributed by atoms with Gasteiger partial charge in [0.25, 0.3) is 11.6 Å². The standard InChI is InChI=1S/C12H11BrN2O5/c13-9-7(2-1-3-8(9)15(19)20)10(16)14-6-12(4-5-12)11(17)18/h1-3H,4-6H2,(H,14,16)(H,17,18). The summed E-state index contributed by atoms with van der Waals surface area (Å²) in [6, 6.07) is 4.12. The van der Waals surface area contributed by atoms with E-state index in [1.807, 2.05) is 0 Å². The predicted molar refractivity (Wildman–Crippen MR) is 72.4 cm³/mol. The maximum absolute atomic E-state index is 12.0. The number of benzene rings is 1. The molecule has 20 heavy (non-hydrogen) atoms. The number of carboxylic acids is 1. The lowest BCUT2D eigenvalue weighted by Gasteiger charge is -2.11. The van der Waals surface area contributed by atoms with Gasteiger partial charge >= 0.3 is 5.97 Å². The average molecular weight is 343 g/mol. The van der Waals surface area contributed by atoms with E-state index in [-0.39, 0.29) is 22.3 Å². The van der Waals surface area contributed by atoms with Crippen molar-refractivity contribution < 1.29 is 19.6 Å². The van der Waals surface area contributed by atoms with Crippen LogP contribution in [0.4, 0.5) is 5.69 Å². The van der Waals surface area contributed by atoms with E-state index in [9.17, 15) is 19.7 Å². The Morgan fingerprint density at radius 3 is 2.60 bits per heavy atom. The number of aliphatic carboxylic acids is 1. The van der Waals surface area contributed by atoms with E-state index in [1.165, 1.54) is 18.2 Å². The van der Waals surface area contributed by atoms with Crippen LogP contribution in [0.15, 0.2) is 22.7 Å². The minimum absolute atomic E-state index is 0.0241. The first kappa shape index (κ1) is 14.4. The Balaban J connectivity index is 2.12. The van der Waals surface area contributed by atoms with Crippen LogP contribution in [-0.2, 0) is 4.79 Å². The number of nitrogens with zero attached hydrogens (tertiary/aromatic N) is 1. The van der Waals surface area contributed by atoms with Gasteiger partial charge in [-0.3, -0.25) is 19.7 Å². The van der Waals surface area contributed by atoms with Gasteiger partial charge in [-0.25, -0.2) is 0 Å². The molecule has 1 aliphatic rings. The van der Waals surface area contributed by atoms with E-state index in [2.05, 4.69) is 21.2 Å². The summed E-state index contributed by atoms with van der Waals surface area (Å²) >= 11 is 3.03. The molecule has 1 aromatic carbocycles. The van der Waals surface area contributed by atoms with Gasteiger partial charge in [0.05, 0.1) is 15.9 Å². The zero-order valence-electron chi connectivity index (χ0n) is 10.3. The molecule has 0 heterocycles. The fourth-order valence-electron chi connectivity index (χ4n) is 1.80. The Morgan fingerprint density at radius 2 is 2.10 bits per heavy atom. The summed E-state index contributed by atoms with van der Waals surface area (Å²) in [6.45, 7) is 0.0241. The second-order valence-corrected chi connectivity index (χ2v) is 5.46. The summed E-state index contributed by atoms with van der Waals surface area (Å²) in [5, 5.41) is 22.3. The molecule has 0 atom stereocenters. The van der Waals surface area contributed by atoms with Gasteiger partial charge in [0.2, 0.25) is 0 Å². The van der Waals surface area contributed by atoms with Crippen LogP contribution in [0.25, 0.3) is 0 Å². The minimum atomic E-state index is -0.934. The van der Waals surface area contributed by atoms with Gasteiger partial charge in [-0.2, -0.15) is 0 Å². The number of nitro benzene ring substituents is 1. The first-order chi connectivity index (χ1) is 9.37. The van der Waals surface area contributed by atoms with Crippen molar-refractivity contribution in [3.63, 3.8) is 0 Å². The summed E-state index contributed by atoms with van der Waals surface area (Å²) in [5.74, 6) is -1.47. The lowest BCUT2D eigenvalue weighted by atomic mass is 10.1. The van der Waals surface area contributed by atoms with Gasteiger partial charge in [0.15, 0.2) is 0 Å². The number of halogens is 1. The number of hydrogen-bond donors (Lipinski definition) is 2. The van der Waals surface area contributed by atoms with E-state index in [0.717, 1.165) is 0 Å². The molecule has 1 aromatic rings. The molecule has 0 aromatic heterocycles. The van der Waals surface area contributed by atoms with Crippen LogP contribution < -0.4 is 5.32 Å². The number of carboxylic acid groups (broad SMARTS) is 1. The van der Waals surface area contributed by atoms with Crippen molar-refractivity contribution in [2.24, 2.45) is 5.41 Å². The molecule has 1 amide bonds. The van der Waals surface area contributed by atoms with Gasteiger partial charge in [-0.1, -0.05) is 6.07 Å². The number of hydrogen-bond acceptors (Lipinski definition) is 4. The smallest absolute Gasteiger partial charge is 0.311 e. The first-order valence-electron chi connectivity index (χ1n) is 5.82. The molecule has 1 aliphatic carbocycles. The topological polar surface area (TPSA) is 110 Å². The largest absolute Gasteiger partial charge is 0.481 e. The summed E-state index contributed by atoms with van der Waals surface area (Å²) in [6.07, 6.45) is 1.05. The van der Waals surface area contributed by atoms with E-state index < -0.39 is 22.2 Å². The van der Waals surface area contributed by atoms with Crippen molar-refractivity contribution in [3.8, 4) is 0 Å². The summed E-state index contributed by atoms with van der Waals surface area (Å²) in [7, 11) is 0. The number of nitro groups is 1. The molecule has 0 bridgehead atoms. The molecule has 7 nitrogen and oxygen atoms in total. The molecule has 1 saturated carbocycles. The zero-order valence-corrected chi connectivity index (χ0v) is 11.8. The highest BCUT2D eigenvalue weighted by Crippen LogP contribution is 2.45. The van der Waals surface area contributed by atoms with E-state index >= 15 is 0 Å². The molecule has 0 unspecified atom stereocenters. The zero-order chi connectivity index (χ0) is 14.9. The molecule has 106 valence electrons. The highest BCUT2D eigenvalue weighted by Gasteiger charge is 2.50. The third-order valence-corrected chi connectivity index (χ3v) is 4.15. The van der Waals surface area contributed by atoms with Gasteiger partial charge in [0.1, 0.15) is 4.47 Å². The second kappa shape index (κ2) is 5.20. The Bertz CT molecular complexity index is 598. The predicted octanol–water partition coefficient (Wildman–Crippen LogP) is 1.95. The third-order valence-electron chi connectivity index (χ3n) is 3.31. The number of nitrogens with one attached hydrogen (secondary N) is 1. The van der Waals surface area contributed by atoms with Crippen molar-refractivity contribution in [3.05, 3.63) is 38.3 Å². The second-order valence-electron chi connectivity index (χ2n) is 4.66. The molecule has 8 heteroatoms. The van der Waals surface area contributed by atoms with Gasteiger partial charge < -0.3 is 10.4 Å². The fourth-order valence-corrected chi connectivity index (χ4v) is 2.39. The average Bonchev–Trinajstić information content (AvgIpc) is 3.17. The Hall–Kier alpha value is -1.96. The molecule has 0 radical (unpaired) electrons. The molecular weight excluding hydrogens is 332 g/mol. The van der Waals surface area contributed by atoms with Crippen LogP contribution in [0.3, 0.4) is 0 Å². The van der Waals surface area contributed by atoms with E-state index in [1.54, 1.807) is 0 Å². The van der Waals surface area contributed by atoms with Crippen LogP contribution in [0.5, 0.6) is 0 Å². The van der Waals surface area contributed by atoms with Crippen LogP contribution in [0.1, 0.15) is 23.2 Å². The Labute approximate surface area is 122 Å². The summed E-state index contributed by atoms with van der Waals surface area (Å²) in [4.78, 5) is 33.2. The van der Waals surface area contributed by atoms with Crippen LogP contribution in [0, 0.1) is 15.5 Å². The highest BCUT2D eigenvalue weighted by atomic mass is 79.9. The highest BCUT2D eigenvalue weighted by molar-refractivity contribution is 9.10. The van der Waals surface area contributed by atoms with Crippen molar-refractivity contribution in [1.29, 1.82) is 0 Å². The first-order valence-corrected chi connectivity index (χ1v) is 6.61. The van der Waals surface area contributed by atoms with Crippen molar-refractivity contribution in [2.75, 3.05) is 6.54 Å². The van der Waals surface area contributed by atoms with Crippen LogP contribution in [-0.4, -0.2) is 28.5 Å². The lowest BCUT2D eigenvalue weighted by molar-refractivity contribution is -0.385. The maximum atomic E-state index is 12.0. The van der Waals surface area contributed by atoms with Crippen molar-refractivity contribution in [2.45, 2.75) is 12.8 Å². The molecule has 2 rings (SSSR count). The molecular formula is C12H11BrN2O5. The molecule has 0 saturated heterocycles. The minimum Gasteiger partial charge on any atom is -0.481 e. The number of carbonyl (C=O) groups excluding carboxylic acids is 1. The Morgan fingerprint density at radius 1 is 1.45 bits per heavy atom. The SMILES string of the molecule is O=C(NCC1(C(=O)O)CC1)c1cccc([N+](=O)[O-])c1Br. The van der Waals surface area contributed by atoms with Gasteiger partial charge in [-0.15, -0.1) is 0 Å². The molecule has 0 aliphatic heterocycles. The summed E-state index contributed by atoms with van der Waals surface area (Å²) < 4.78 is 0.0858. The number of carbonyl (C=O) groups is 2. The number of rotatable bonds is 5. The van der Waals surface area contributed by atoms with E-state index in [0.29, 0.717) is 12.8 Å². The van der Waals surface area contributed by atoms with Crippen LogP contribution >= 0.6 is 15.9 Å². The summed E-state index contributed by atoms with van der Waals surface area (Å²) in [5.41, 5.74) is -0.972. The van der Waals surface area contributed by atoms with Crippen molar-refractivity contribution >= 4 is 33.5 Å². The van der Waals surface area contributed by atoms with Crippen molar-refractivity contribution in [1.82, 2.24) is 5.32 Å². The molecule has 2 N–H and O–H groups in total. The van der Waals surface area contributed by atoms with Gasteiger partial charge in [0, 0.05) is 12.6 Å². The maximum Gasteiger partial charge on any atom is 0.311 e. The van der Waals surface area contributed by atoms with Crippen LogP contribution in [0.2, 0.25) is 0 Å². The number of amides is 1. The van der Waals surface area contributed by atoms with Gasteiger partial charge in [-0.05, 0) is 34.8 Å². The molecule has 0 spiro atoms. The monoisotopic (exact) mass is 342 g/mol.